The van der Waals surface area contributed by atoms with E-state index >= 15 is 0 Å². The number of rotatable bonds is 1. The number of nitrogens with zero attached hydrogens (tertiary/aromatic N) is 1. The van der Waals surface area contributed by atoms with Crippen LogP contribution in [0.15, 0.2) is 36.4 Å². The first kappa shape index (κ1) is 16.9. The predicted octanol–water partition coefficient (Wildman–Crippen LogP) is 4.51. The van der Waals surface area contributed by atoms with Gasteiger partial charge in [-0.3, -0.25) is 14.5 Å². The topological polar surface area (TPSA) is 37.4 Å². The zero-order valence-corrected chi connectivity index (χ0v) is 13.4. The Bertz CT molecular complexity index is 596. The monoisotopic (exact) mass is 285 g/mol. The summed E-state index contributed by atoms with van der Waals surface area (Å²) in [7, 11) is 0. The summed E-state index contributed by atoms with van der Waals surface area (Å²) >= 11 is 0. The molecule has 0 fully saturated rings. The molecule has 0 spiro atoms. The van der Waals surface area contributed by atoms with E-state index in [1.54, 1.807) is 12.1 Å². The van der Waals surface area contributed by atoms with Crippen molar-refractivity contribution in [2.45, 2.75) is 34.6 Å². The Balaban J connectivity index is 0.000000510. The molecule has 2 aromatic rings. The summed E-state index contributed by atoms with van der Waals surface area (Å²) in [4.78, 5) is 25.6. The molecule has 2 amide bonds. The van der Waals surface area contributed by atoms with Crippen molar-refractivity contribution in [1.29, 1.82) is 0 Å². The van der Waals surface area contributed by atoms with E-state index in [9.17, 15) is 9.59 Å². The molecule has 1 heterocycles. The summed E-state index contributed by atoms with van der Waals surface area (Å²) in [6.07, 6.45) is 0. The van der Waals surface area contributed by atoms with Gasteiger partial charge >= 0.3 is 0 Å². The van der Waals surface area contributed by atoms with E-state index in [4.69, 9.17) is 0 Å². The largest absolute Gasteiger partial charge is 0.275 e. The van der Waals surface area contributed by atoms with E-state index in [1.807, 2.05) is 58.9 Å². The van der Waals surface area contributed by atoms with Gasteiger partial charge in [-0.05, 0) is 24.4 Å². The average molecular weight is 285 g/mol. The fourth-order valence-electron chi connectivity index (χ4n) is 2.37. The second kappa shape index (κ2) is 7.58. The summed E-state index contributed by atoms with van der Waals surface area (Å²) in [6.45, 7) is 10.2. The van der Waals surface area contributed by atoms with Crippen molar-refractivity contribution in [3.63, 3.8) is 0 Å². The summed E-state index contributed by atoms with van der Waals surface area (Å²) in [6, 6.07) is 11.1. The van der Waals surface area contributed by atoms with Crippen LogP contribution in [0.5, 0.6) is 0 Å². The predicted molar refractivity (Wildman–Crippen MR) is 87.7 cm³/mol. The van der Waals surface area contributed by atoms with Crippen LogP contribution in [0.3, 0.4) is 0 Å². The molecule has 0 N–H and O–H groups in total. The van der Waals surface area contributed by atoms with Gasteiger partial charge in [0, 0.05) is 23.1 Å². The quantitative estimate of drug-likeness (QED) is 0.723. The average Bonchev–Trinajstić information content (AvgIpc) is 2.57. The summed E-state index contributed by atoms with van der Waals surface area (Å²) in [5.74, 6) is -0.386. The maximum Gasteiger partial charge on any atom is 0.261 e. The van der Waals surface area contributed by atoms with Gasteiger partial charge in [0.05, 0.1) is 0 Å². The maximum absolute atomic E-state index is 12.1. The molecule has 0 aromatic heterocycles. The van der Waals surface area contributed by atoms with E-state index in [1.165, 1.54) is 4.90 Å². The number of benzene rings is 2. The van der Waals surface area contributed by atoms with Gasteiger partial charge in [-0.1, -0.05) is 52.0 Å². The van der Waals surface area contributed by atoms with Crippen LogP contribution in [0.4, 0.5) is 0 Å². The van der Waals surface area contributed by atoms with Gasteiger partial charge in [-0.25, -0.2) is 0 Å². The maximum atomic E-state index is 12.1. The van der Waals surface area contributed by atoms with Crippen LogP contribution in [0.1, 0.15) is 55.3 Å². The van der Waals surface area contributed by atoms with Crippen LogP contribution in [-0.2, 0) is 0 Å². The highest BCUT2D eigenvalue weighted by atomic mass is 16.2. The van der Waals surface area contributed by atoms with Crippen molar-refractivity contribution in [3.8, 4) is 0 Å². The van der Waals surface area contributed by atoms with Gasteiger partial charge in [0.15, 0.2) is 0 Å². The van der Waals surface area contributed by atoms with E-state index in [2.05, 4.69) is 0 Å². The lowest BCUT2D eigenvalue weighted by Crippen LogP contribution is -2.39. The summed E-state index contributed by atoms with van der Waals surface area (Å²) in [5.41, 5.74) is 1.25. The van der Waals surface area contributed by atoms with Gasteiger partial charge in [0.25, 0.3) is 11.8 Å². The second-order valence-corrected chi connectivity index (χ2v) is 4.06. The lowest BCUT2D eigenvalue weighted by molar-refractivity contribution is 0.0619. The van der Waals surface area contributed by atoms with E-state index in [-0.39, 0.29) is 11.8 Å². The lowest BCUT2D eigenvalue weighted by Gasteiger charge is -2.25. The number of imide groups is 1. The van der Waals surface area contributed by atoms with Crippen LogP contribution < -0.4 is 0 Å². The molecule has 0 bridgehead atoms. The number of carbonyl (C=O) groups excluding carboxylic acids is 2. The van der Waals surface area contributed by atoms with Crippen LogP contribution in [0, 0.1) is 0 Å². The molecule has 1 aliphatic heterocycles. The Morgan fingerprint density at radius 1 is 0.810 bits per heavy atom. The zero-order chi connectivity index (χ0) is 16.0. The molecule has 1 aliphatic rings. The Hall–Kier alpha value is -2.16. The third kappa shape index (κ3) is 2.82. The molecular formula is C18H23NO2. The minimum atomic E-state index is -0.193. The van der Waals surface area contributed by atoms with Gasteiger partial charge in [-0.2, -0.15) is 0 Å². The molecule has 0 saturated carbocycles. The molecule has 21 heavy (non-hydrogen) atoms. The normalized spacial score (nSPS) is 12.3. The highest BCUT2D eigenvalue weighted by molar-refractivity contribution is 6.25. The van der Waals surface area contributed by atoms with Crippen molar-refractivity contribution in [2.75, 3.05) is 6.54 Å². The first-order chi connectivity index (χ1) is 10.2. The van der Waals surface area contributed by atoms with E-state index in [0.29, 0.717) is 17.7 Å². The molecule has 2 aromatic carbocycles. The fraction of sp³-hybridized carbons (Fsp3) is 0.333. The SMILES string of the molecule is CC.CC.CCN1C(=O)c2cccc3cccc(c23)C1=O. The molecule has 0 atom stereocenters. The molecule has 3 nitrogen and oxygen atoms in total. The minimum absolute atomic E-state index is 0.193. The molecule has 3 rings (SSSR count). The van der Waals surface area contributed by atoms with Gasteiger partial charge < -0.3 is 0 Å². The highest BCUT2D eigenvalue weighted by Gasteiger charge is 2.31. The molecular weight excluding hydrogens is 262 g/mol. The Labute approximate surface area is 126 Å². The molecule has 112 valence electrons. The van der Waals surface area contributed by atoms with Gasteiger partial charge in [-0.15, -0.1) is 0 Å². The molecule has 0 aliphatic carbocycles. The number of amides is 2. The first-order valence-corrected chi connectivity index (χ1v) is 7.62. The van der Waals surface area contributed by atoms with Gasteiger partial charge in [0.1, 0.15) is 0 Å². The number of hydrogen-bond donors (Lipinski definition) is 0. The zero-order valence-electron chi connectivity index (χ0n) is 13.4. The van der Waals surface area contributed by atoms with Crippen LogP contribution in [-0.4, -0.2) is 23.3 Å². The van der Waals surface area contributed by atoms with Crippen molar-refractivity contribution >= 4 is 22.6 Å². The highest BCUT2D eigenvalue weighted by Crippen LogP contribution is 2.29. The van der Waals surface area contributed by atoms with Crippen LogP contribution in [0.2, 0.25) is 0 Å². The molecule has 0 unspecified atom stereocenters. The minimum Gasteiger partial charge on any atom is -0.275 e. The van der Waals surface area contributed by atoms with Crippen molar-refractivity contribution in [2.24, 2.45) is 0 Å². The molecule has 0 radical (unpaired) electrons. The Morgan fingerprint density at radius 2 is 1.24 bits per heavy atom. The Morgan fingerprint density at radius 3 is 1.62 bits per heavy atom. The van der Waals surface area contributed by atoms with Crippen LogP contribution >= 0.6 is 0 Å². The van der Waals surface area contributed by atoms with Crippen molar-refractivity contribution < 1.29 is 9.59 Å². The van der Waals surface area contributed by atoms with E-state index < -0.39 is 0 Å². The number of hydrogen-bond acceptors (Lipinski definition) is 2. The van der Waals surface area contributed by atoms with E-state index in [0.717, 1.165) is 10.8 Å². The molecule has 0 saturated heterocycles. The molecule has 3 heteroatoms. The van der Waals surface area contributed by atoms with Crippen molar-refractivity contribution in [1.82, 2.24) is 4.90 Å². The fourth-order valence-corrected chi connectivity index (χ4v) is 2.37. The standard InChI is InChI=1S/C14H11NO2.2C2H6/c1-2-15-13(16)10-7-3-5-9-6-4-8-11(12(9)10)14(15)17;2*1-2/h3-8H,2H2,1H3;2*1-2H3. The number of carbonyl (C=O) groups is 2. The summed E-state index contributed by atoms with van der Waals surface area (Å²) < 4.78 is 0. The lowest BCUT2D eigenvalue weighted by atomic mass is 9.94. The summed E-state index contributed by atoms with van der Waals surface area (Å²) in [5, 5.41) is 1.73. The smallest absolute Gasteiger partial charge is 0.261 e. The second-order valence-electron chi connectivity index (χ2n) is 4.06. The Kier molecular flexibility index (Phi) is 6.10. The third-order valence-electron chi connectivity index (χ3n) is 3.17. The van der Waals surface area contributed by atoms with Gasteiger partial charge in [0.2, 0.25) is 0 Å². The van der Waals surface area contributed by atoms with Crippen LogP contribution in [0.25, 0.3) is 10.8 Å². The third-order valence-corrected chi connectivity index (χ3v) is 3.17. The van der Waals surface area contributed by atoms with Crippen molar-refractivity contribution in [3.05, 3.63) is 47.5 Å². The first-order valence-electron chi connectivity index (χ1n) is 7.62.